The highest BCUT2D eigenvalue weighted by Crippen LogP contribution is 2.37. The molecule has 0 saturated heterocycles. The number of urea groups is 1. The van der Waals surface area contributed by atoms with Gasteiger partial charge in [-0.15, -0.1) is 11.8 Å². The van der Waals surface area contributed by atoms with Crippen molar-refractivity contribution in [3.8, 4) is 0 Å². The van der Waals surface area contributed by atoms with E-state index in [2.05, 4.69) is 10.6 Å². The molecule has 2 aromatic carbocycles. The third-order valence-corrected chi connectivity index (χ3v) is 7.66. The van der Waals surface area contributed by atoms with Crippen LogP contribution < -0.4 is 16.4 Å². The SMILES string of the molecule is Nc1ccccc1NC(=O)C1CC=C(CN2C(=O)Nc3ccccc3S2(=O)=O)S1. The number of carbonyl (C=O) groups excluding carboxylic acids is 2. The van der Waals surface area contributed by atoms with Gasteiger partial charge in [0.2, 0.25) is 5.91 Å². The molecule has 2 aliphatic rings. The van der Waals surface area contributed by atoms with Gasteiger partial charge in [0.1, 0.15) is 4.90 Å². The summed E-state index contributed by atoms with van der Waals surface area (Å²) in [4.78, 5) is 25.6. The molecule has 0 aliphatic carbocycles. The molecule has 1 unspecified atom stereocenters. The van der Waals surface area contributed by atoms with E-state index < -0.39 is 21.3 Å². The summed E-state index contributed by atoms with van der Waals surface area (Å²) in [6.45, 7) is -0.121. The Labute approximate surface area is 172 Å². The van der Waals surface area contributed by atoms with Crippen LogP contribution in [0.3, 0.4) is 0 Å². The lowest BCUT2D eigenvalue weighted by Crippen LogP contribution is -2.44. The summed E-state index contributed by atoms with van der Waals surface area (Å²) in [5.74, 6) is -0.226. The molecule has 0 bridgehead atoms. The molecule has 2 aliphatic heterocycles. The van der Waals surface area contributed by atoms with E-state index in [1.54, 1.807) is 48.5 Å². The summed E-state index contributed by atoms with van der Waals surface area (Å²) >= 11 is 1.24. The number of nitrogens with two attached hydrogens (primary N) is 1. The number of hydrogen-bond acceptors (Lipinski definition) is 6. The standard InChI is InChI=1S/C19H18N4O4S2/c20-13-5-1-2-6-14(13)21-18(24)16-10-9-12(28-16)11-23-19(25)22-15-7-3-4-8-17(15)29(23,26)27/h1-9,16H,10-11,20H2,(H,21,24)(H,22,25). The first-order chi connectivity index (χ1) is 13.9. The van der Waals surface area contributed by atoms with Crippen molar-refractivity contribution in [2.24, 2.45) is 0 Å². The van der Waals surface area contributed by atoms with Crippen LogP contribution in [-0.4, -0.2) is 36.5 Å². The first-order valence-electron chi connectivity index (χ1n) is 8.80. The molecule has 2 heterocycles. The van der Waals surface area contributed by atoms with Gasteiger partial charge in [-0.2, -0.15) is 0 Å². The minimum absolute atomic E-state index is 0.0528. The number of sulfonamides is 1. The molecule has 0 radical (unpaired) electrons. The Balaban J connectivity index is 1.44. The van der Waals surface area contributed by atoms with Crippen LogP contribution in [0.2, 0.25) is 0 Å². The maximum atomic E-state index is 12.8. The first kappa shape index (κ1) is 19.3. The van der Waals surface area contributed by atoms with Crippen molar-refractivity contribution < 1.29 is 18.0 Å². The molecule has 4 N–H and O–H groups in total. The van der Waals surface area contributed by atoms with Gasteiger partial charge >= 0.3 is 6.03 Å². The molecule has 0 fully saturated rings. The molecule has 0 aromatic heterocycles. The van der Waals surface area contributed by atoms with E-state index >= 15 is 0 Å². The molecular formula is C19H18N4O4S2. The second-order valence-corrected chi connectivity index (χ2v) is 9.69. The zero-order valence-corrected chi connectivity index (χ0v) is 16.8. The van der Waals surface area contributed by atoms with Crippen molar-refractivity contribution in [2.45, 2.75) is 16.6 Å². The van der Waals surface area contributed by atoms with Crippen molar-refractivity contribution in [1.82, 2.24) is 4.31 Å². The van der Waals surface area contributed by atoms with Crippen LogP contribution in [0.4, 0.5) is 21.9 Å². The average Bonchev–Trinajstić information content (AvgIpc) is 3.16. The van der Waals surface area contributed by atoms with Gasteiger partial charge in [0.05, 0.1) is 28.9 Å². The van der Waals surface area contributed by atoms with Crippen molar-refractivity contribution in [2.75, 3.05) is 22.9 Å². The Morgan fingerprint density at radius 2 is 1.93 bits per heavy atom. The maximum absolute atomic E-state index is 12.8. The minimum Gasteiger partial charge on any atom is -0.397 e. The topological polar surface area (TPSA) is 122 Å². The van der Waals surface area contributed by atoms with E-state index in [-0.39, 0.29) is 23.0 Å². The largest absolute Gasteiger partial charge is 0.397 e. The third-order valence-electron chi connectivity index (χ3n) is 4.59. The van der Waals surface area contributed by atoms with Crippen LogP contribution in [0.5, 0.6) is 0 Å². The number of hydrogen-bond donors (Lipinski definition) is 3. The van der Waals surface area contributed by atoms with Crippen molar-refractivity contribution >= 4 is 50.8 Å². The number of nitrogens with zero attached hydrogens (tertiary/aromatic N) is 1. The highest BCUT2D eigenvalue weighted by atomic mass is 32.2. The average molecular weight is 431 g/mol. The number of para-hydroxylation sites is 3. The summed E-state index contributed by atoms with van der Waals surface area (Å²) in [6.07, 6.45) is 2.22. The predicted octanol–water partition coefficient (Wildman–Crippen LogP) is 2.83. The molecule has 8 nitrogen and oxygen atoms in total. The van der Waals surface area contributed by atoms with Gasteiger partial charge in [0.25, 0.3) is 10.0 Å². The Kier molecular flexibility index (Phi) is 4.97. The highest BCUT2D eigenvalue weighted by molar-refractivity contribution is 8.04. The van der Waals surface area contributed by atoms with Gasteiger partial charge in [0.15, 0.2) is 0 Å². The number of allylic oxidation sites excluding steroid dienone is 1. The fourth-order valence-electron chi connectivity index (χ4n) is 3.10. The van der Waals surface area contributed by atoms with E-state index in [9.17, 15) is 18.0 Å². The molecule has 2 aromatic rings. The van der Waals surface area contributed by atoms with Crippen LogP contribution in [0.15, 0.2) is 64.4 Å². The smallest absolute Gasteiger partial charge is 0.336 e. The third kappa shape index (κ3) is 3.68. The number of carbonyl (C=O) groups is 2. The summed E-state index contributed by atoms with van der Waals surface area (Å²) in [7, 11) is -3.96. The first-order valence-corrected chi connectivity index (χ1v) is 11.1. The number of anilines is 3. The Hall–Kier alpha value is -2.98. The van der Waals surface area contributed by atoms with Gasteiger partial charge in [-0.25, -0.2) is 17.5 Å². The highest BCUT2D eigenvalue weighted by Gasteiger charge is 2.38. The second-order valence-electron chi connectivity index (χ2n) is 6.53. The summed E-state index contributed by atoms with van der Waals surface area (Å²) < 4.78 is 26.5. The van der Waals surface area contributed by atoms with Crippen LogP contribution >= 0.6 is 11.8 Å². The van der Waals surface area contributed by atoms with Crippen molar-refractivity contribution in [3.63, 3.8) is 0 Å². The second kappa shape index (κ2) is 7.45. The van der Waals surface area contributed by atoms with Gasteiger partial charge in [0, 0.05) is 4.91 Å². The minimum atomic E-state index is -3.96. The number of fused-ring (bicyclic) bond motifs is 1. The lowest BCUT2D eigenvalue weighted by atomic mass is 10.2. The summed E-state index contributed by atoms with van der Waals surface area (Å²) in [6, 6.07) is 12.5. The van der Waals surface area contributed by atoms with Crippen LogP contribution in [0.1, 0.15) is 6.42 Å². The number of rotatable bonds is 4. The quantitative estimate of drug-likeness (QED) is 0.641. The fourth-order valence-corrected chi connectivity index (χ4v) is 5.76. The number of thioether (sulfide) groups is 1. The monoisotopic (exact) mass is 430 g/mol. The maximum Gasteiger partial charge on any atom is 0.336 e. The number of nitrogens with one attached hydrogen (secondary N) is 2. The Morgan fingerprint density at radius 1 is 1.21 bits per heavy atom. The van der Waals surface area contributed by atoms with Crippen LogP contribution in [-0.2, 0) is 14.8 Å². The van der Waals surface area contributed by atoms with E-state index in [0.29, 0.717) is 22.7 Å². The Morgan fingerprint density at radius 3 is 2.72 bits per heavy atom. The molecule has 10 heteroatoms. The van der Waals surface area contributed by atoms with E-state index in [1.807, 2.05) is 0 Å². The number of benzene rings is 2. The summed E-state index contributed by atoms with van der Waals surface area (Å²) in [5.41, 5.74) is 7.11. The molecule has 1 atom stereocenters. The van der Waals surface area contributed by atoms with Gasteiger partial charge < -0.3 is 16.4 Å². The normalized spacial score (nSPS) is 19.9. The van der Waals surface area contributed by atoms with E-state index in [1.165, 1.54) is 17.8 Å². The van der Waals surface area contributed by atoms with Gasteiger partial charge in [-0.3, -0.25) is 4.79 Å². The Bertz CT molecular complexity index is 1130. The van der Waals surface area contributed by atoms with Crippen molar-refractivity contribution in [1.29, 1.82) is 0 Å². The molecule has 4 rings (SSSR count). The molecule has 3 amide bonds. The lowest BCUT2D eigenvalue weighted by Gasteiger charge is -2.29. The number of amides is 3. The molecule has 29 heavy (non-hydrogen) atoms. The molecule has 150 valence electrons. The predicted molar refractivity (Wildman–Crippen MR) is 113 cm³/mol. The van der Waals surface area contributed by atoms with Crippen LogP contribution in [0.25, 0.3) is 0 Å². The number of nitrogen functional groups attached to an aromatic ring is 1. The van der Waals surface area contributed by atoms with Crippen LogP contribution in [0, 0.1) is 0 Å². The molecule has 0 saturated carbocycles. The van der Waals surface area contributed by atoms with Gasteiger partial charge in [-0.05, 0) is 30.7 Å². The zero-order chi connectivity index (χ0) is 20.6. The van der Waals surface area contributed by atoms with E-state index in [0.717, 1.165) is 4.31 Å². The van der Waals surface area contributed by atoms with Gasteiger partial charge in [-0.1, -0.05) is 30.3 Å². The zero-order valence-electron chi connectivity index (χ0n) is 15.2. The van der Waals surface area contributed by atoms with Crippen molar-refractivity contribution in [3.05, 3.63) is 59.5 Å². The molecular weight excluding hydrogens is 412 g/mol. The lowest BCUT2D eigenvalue weighted by molar-refractivity contribution is -0.115. The molecule has 0 spiro atoms. The van der Waals surface area contributed by atoms with E-state index in [4.69, 9.17) is 5.73 Å². The summed E-state index contributed by atoms with van der Waals surface area (Å²) in [5, 5.41) is 4.95. The fraction of sp³-hybridized carbons (Fsp3) is 0.158.